The summed E-state index contributed by atoms with van der Waals surface area (Å²) >= 11 is 1.24. The number of sulfonamides is 1. The summed E-state index contributed by atoms with van der Waals surface area (Å²) in [7, 11) is -3.45. The minimum atomic E-state index is -3.45. The summed E-state index contributed by atoms with van der Waals surface area (Å²) < 4.78 is 31.2. The molecule has 2 heterocycles. The van der Waals surface area contributed by atoms with Gasteiger partial charge in [0, 0.05) is 0 Å². The SMILES string of the molecule is C[C@H](NS(C)(=O)=O)c1nnc(C(=O)c2nc3ccc(-c4ccccc4)cc3s2)o1. The van der Waals surface area contributed by atoms with E-state index in [-0.39, 0.29) is 16.8 Å². The normalized spacial score (nSPS) is 12.9. The fraction of sp³-hybridized carbons (Fsp3) is 0.158. The summed E-state index contributed by atoms with van der Waals surface area (Å²) in [5.74, 6) is -0.728. The summed E-state index contributed by atoms with van der Waals surface area (Å²) in [6.07, 6.45) is 1.02. The fourth-order valence-electron chi connectivity index (χ4n) is 2.80. The number of ketones is 1. The molecule has 8 nitrogen and oxygen atoms in total. The number of hydrogen-bond donors (Lipinski definition) is 1. The molecule has 0 aliphatic rings. The Hall–Kier alpha value is -2.95. The maximum absolute atomic E-state index is 12.7. The Morgan fingerprint density at radius 3 is 2.59 bits per heavy atom. The molecule has 0 spiro atoms. The van der Waals surface area contributed by atoms with Gasteiger partial charge in [-0.25, -0.2) is 18.1 Å². The molecule has 0 bridgehead atoms. The maximum atomic E-state index is 12.7. The van der Waals surface area contributed by atoms with Gasteiger partial charge in [0.2, 0.25) is 15.9 Å². The highest BCUT2D eigenvalue weighted by Gasteiger charge is 2.24. The van der Waals surface area contributed by atoms with Crippen molar-refractivity contribution in [2.75, 3.05) is 6.26 Å². The number of fused-ring (bicyclic) bond motifs is 1. The molecule has 1 atom stereocenters. The molecule has 0 radical (unpaired) electrons. The highest BCUT2D eigenvalue weighted by Crippen LogP contribution is 2.29. The summed E-state index contributed by atoms with van der Waals surface area (Å²) in [6, 6.07) is 15.0. The number of nitrogens with zero attached hydrogens (tertiary/aromatic N) is 3. The lowest BCUT2D eigenvalue weighted by molar-refractivity contribution is 0.1000. The third kappa shape index (κ3) is 4.24. The van der Waals surface area contributed by atoms with Gasteiger partial charge in [-0.1, -0.05) is 36.4 Å². The second-order valence-corrected chi connectivity index (χ2v) is 9.26. The molecular formula is C19H16N4O4S2. The number of hydrogen-bond acceptors (Lipinski definition) is 8. The Morgan fingerprint density at radius 1 is 1.10 bits per heavy atom. The summed E-state index contributed by atoms with van der Waals surface area (Å²) in [6.45, 7) is 1.55. The van der Waals surface area contributed by atoms with Crippen LogP contribution >= 0.6 is 11.3 Å². The zero-order valence-corrected chi connectivity index (χ0v) is 17.1. The molecule has 0 saturated carbocycles. The first kappa shape index (κ1) is 19.4. The van der Waals surface area contributed by atoms with Crippen LogP contribution in [0.1, 0.15) is 34.5 Å². The molecule has 4 aromatic rings. The number of benzene rings is 2. The molecule has 0 saturated heterocycles. The van der Waals surface area contributed by atoms with Gasteiger partial charge in [-0.2, -0.15) is 0 Å². The van der Waals surface area contributed by atoms with Crippen molar-refractivity contribution < 1.29 is 17.6 Å². The van der Waals surface area contributed by atoms with Crippen LogP contribution in [-0.2, 0) is 10.0 Å². The molecule has 0 unspecified atom stereocenters. The summed E-state index contributed by atoms with van der Waals surface area (Å²) in [4.78, 5) is 17.1. The molecule has 0 aliphatic carbocycles. The van der Waals surface area contributed by atoms with Crippen LogP contribution in [0, 0.1) is 0 Å². The number of carbonyl (C=O) groups excluding carboxylic acids is 1. The number of carbonyl (C=O) groups is 1. The Morgan fingerprint density at radius 2 is 1.86 bits per heavy atom. The number of rotatable bonds is 6. The van der Waals surface area contributed by atoms with Crippen molar-refractivity contribution in [1.82, 2.24) is 19.9 Å². The van der Waals surface area contributed by atoms with Crippen molar-refractivity contribution in [3.63, 3.8) is 0 Å². The van der Waals surface area contributed by atoms with Gasteiger partial charge in [0.1, 0.15) is 0 Å². The second-order valence-electron chi connectivity index (χ2n) is 6.45. The van der Waals surface area contributed by atoms with Gasteiger partial charge in [-0.3, -0.25) is 4.79 Å². The Labute approximate surface area is 170 Å². The summed E-state index contributed by atoms with van der Waals surface area (Å²) in [5, 5.41) is 7.74. The van der Waals surface area contributed by atoms with Crippen LogP contribution < -0.4 is 4.72 Å². The third-order valence-electron chi connectivity index (χ3n) is 4.09. The molecular weight excluding hydrogens is 412 g/mol. The lowest BCUT2D eigenvalue weighted by Crippen LogP contribution is -2.25. The van der Waals surface area contributed by atoms with Crippen LogP contribution in [0.25, 0.3) is 21.3 Å². The molecule has 0 fully saturated rings. The predicted octanol–water partition coefficient (Wildman–Crippen LogP) is 3.19. The van der Waals surface area contributed by atoms with Gasteiger partial charge < -0.3 is 4.42 Å². The van der Waals surface area contributed by atoms with Crippen LogP contribution in [0.2, 0.25) is 0 Å². The predicted molar refractivity (Wildman–Crippen MR) is 109 cm³/mol. The van der Waals surface area contributed by atoms with E-state index in [1.807, 2.05) is 48.5 Å². The van der Waals surface area contributed by atoms with Crippen LogP contribution in [0.5, 0.6) is 0 Å². The van der Waals surface area contributed by atoms with Gasteiger partial charge in [-0.05, 0) is 30.2 Å². The van der Waals surface area contributed by atoms with E-state index in [2.05, 4.69) is 19.9 Å². The number of thiazole rings is 1. The summed E-state index contributed by atoms with van der Waals surface area (Å²) in [5.41, 5.74) is 2.80. The Balaban J connectivity index is 1.61. The molecule has 2 aromatic carbocycles. The van der Waals surface area contributed by atoms with Gasteiger partial charge in [0.25, 0.3) is 11.7 Å². The van der Waals surface area contributed by atoms with Crippen LogP contribution in [0.3, 0.4) is 0 Å². The van der Waals surface area contributed by atoms with Crippen molar-refractivity contribution >= 4 is 37.4 Å². The molecule has 1 N–H and O–H groups in total. The van der Waals surface area contributed by atoms with Gasteiger partial charge in [-0.15, -0.1) is 21.5 Å². The molecule has 0 amide bonds. The topological polar surface area (TPSA) is 115 Å². The maximum Gasteiger partial charge on any atom is 0.291 e. The zero-order valence-electron chi connectivity index (χ0n) is 15.5. The van der Waals surface area contributed by atoms with E-state index in [9.17, 15) is 13.2 Å². The highest BCUT2D eigenvalue weighted by molar-refractivity contribution is 7.88. The molecule has 29 heavy (non-hydrogen) atoms. The zero-order chi connectivity index (χ0) is 20.6. The average Bonchev–Trinajstić information content (AvgIpc) is 3.33. The van der Waals surface area contributed by atoms with Crippen LogP contribution in [0.4, 0.5) is 0 Å². The molecule has 0 aliphatic heterocycles. The highest BCUT2D eigenvalue weighted by atomic mass is 32.2. The van der Waals surface area contributed by atoms with Gasteiger partial charge in [0.05, 0.1) is 22.5 Å². The van der Waals surface area contributed by atoms with E-state index >= 15 is 0 Å². The smallest absolute Gasteiger partial charge is 0.291 e. The Kier molecular flexibility index (Phi) is 4.99. The van der Waals surface area contributed by atoms with E-state index in [0.29, 0.717) is 5.52 Å². The molecule has 4 rings (SSSR count). The largest absolute Gasteiger partial charge is 0.416 e. The number of nitrogens with one attached hydrogen (secondary N) is 1. The van der Waals surface area contributed by atoms with Crippen molar-refractivity contribution in [3.8, 4) is 11.1 Å². The van der Waals surface area contributed by atoms with E-state index in [1.165, 1.54) is 11.3 Å². The Bertz CT molecular complexity index is 1300. The lowest BCUT2D eigenvalue weighted by atomic mass is 10.1. The number of aromatic nitrogens is 3. The minimum Gasteiger partial charge on any atom is -0.416 e. The van der Waals surface area contributed by atoms with E-state index in [4.69, 9.17) is 4.42 Å². The minimum absolute atomic E-state index is 0.00579. The van der Waals surface area contributed by atoms with Crippen LogP contribution in [0.15, 0.2) is 52.9 Å². The quantitative estimate of drug-likeness (QED) is 0.469. The standard InChI is InChI=1S/C19H16N4O4S2/c1-11(23-29(2,25)26)17-21-22-18(27-17)16(24)19-20-14-9-8-13(10-15(14)28-19)12-6-4-3-5-7-12/h3-11,23H,1-2H3/t11-/m0/s1. The molecule has 2 aromatic heterocycles. The molecule has 148 valence electrons. The van der Waals surface area contributed by atoms with Gasteiger partial charge in [0.15, 0.2) is 5.01 Å². The van der Waals surface area contributed by atoms with Crippen molar-refractivity contribution in [3.05, 3.63) is 65.3 Å². The van der Waals surface area contributed by atoms with E-state index in [0.717, 1.165) is 22.1 Å². The first-order valence-electron chi connectivity index (χ1n) is 8.61. The van der Waals surface area contributed by atoms with E-state index < -0.39 is 21.8 Å². The first-order valence-corrected chi connectivity index (χ1v) is 11.3. The lowest BCUT2D eigenvalue weighted by Gasteiger charge is -2.06. The fourth-order valence-corrected chi connectivity index (χ4v) is 4.48. The van der Waals surface area contributed by atoms with Crippen molar-refractivity contribution in [1.29, 1.82) is 0 Å². The molecule has 10 heteroatoms. The second kappa shape index (κ2) is 7.47. The van der Waals surface area contributed by atoms with E-state index in [1.54, 1.807) is 6.92 Å². The average molecular weight is 428 g/mol. The van der Waals surface area contributed by atoms with Crippen LogP contribution in [-0.4, -0.2) is 35.6 Å². The van der Waals surface area contributed by atoms with Crippen molar-refractivity contribution in [2.45, 2.75) is 13.0 Å². The third-order valence-corrected chi connectivity index (χ3v) is 5.88. The monoisotopic (exact) mass is 428 g/mol. The van der Waals surface area contributed by atoms with Gasteiger partial charge >= 0.3 is 0 Å². The first-order chi connectivity index (χ1) is 13.8. The van der Waals surface area contributed by atoms with Crippen molar-refractivity contribution in [2.24, 2.45) is 0 Å².